The van der Waals surface area contributed by atoms with E-state index < -0.39 is 5.97 Å². The zero-order valence-electron chi connectivity index (χ0n) is 18.5. The zero-order chi connectivity index (χ0) is 22.9. The third-order valence-electron chi connectivity index (χ3n) is 5.35. The molecular formula is C27H26N2O4. The molecule has 0 atom stereocenters. The highest BCUT2D eigenvalue weighted by Crippen LogP contribution is 2.30. The number of hydrogen-bond donors (Lipinski definition) is 0. The Morgan fingerprint density at radius 1 is 0.909 bits per heavy atom. The van der Waals surface area contributed by atoms with E-state index in [2.05, 4.69) is 34.2 Å². The highest BCUT2D eigenvalue weighted by Gasteiger charge is 2.22. The standard InChI is InChI=1S/C27H26N2O4/c1-31-25(30)19-32-23-16-8-10-20(18-23)11-9-17-24-28-27(29-33-24)26(21-12-4-2-5-13-21)22-14-6-3-7-15-22/h2-8,10,12-16,18,26H,9,11,17,19H2,1H3. The normalized spacial score (nSPS) is 10.8. The quantitative estimate of drug-likeness (QED) is 0.323. The summed E-state index contributed by atoms with van der Waals surface area (Å²) in [4.78, 5) is 16.0. The lowest BCUT2D eigenvalue weighted by Crippen LogP contribution is -2.12. The third kappa shape index (κ3) is 6.07. The second-order valence-electron chi connectivity index (χ2n) is 7.67. The summed E-state index contributed by atoms with van der Waals surface area (Å²) in [7, 11) is 1.34. The van der Waals surface area contributed by atoms with E-state index in [9.17, 15) is 4.79 Å². The Hall–Kier alpha value is -3.93. The SMILES string of the molecule is COC(=O)COc1cccc(CCCc2nc(C(c3ccccc3)c3ccccc3)no2)c1. The minimum atomic E-state index is -0.406. The lowest BCUT2D eigenvalue weighted by atomic mass is 9.91. The lowest BCUT2D eigenvalue weighted by molar-refractivity contribution is -0.142. The summed E-state index contributed by atoms with van der Waals surface area (Å²) >= 11 is 0. The minimum Gasteiger partial charge on any atom is -0.482 e. The van der Waals surface area contributed by atoms with Crippen LogP contribution in [0.25, 0.3) is 0 Å². The summed E-state index contributed by atoms with van der Waals surface area (Å²) < 4.78 is 15.7. The summed E-state index contributed by atoms with van der Waals surface area (Å²) in [6.45, 7) is -0.102. The van der Waals surface area contributed by atoms with Crippen molar-refractivity contribution in [3.8, 4) is 5.75 Å². The molecule has 0 aliphatic heterocycles. The third-order valence-corrected chi connectivity index (χ3v) is 5.35. The van der Waals surface area contributed by atoms with Crippen molar-refractivity contribution in [3.05, 3.63) is 113 Å². The van der Waals surface area contributed by atoms with Gasteiger partial charge in [-0.25, -0.2) is 4.79 Å². The van der Waals surface area contributed by atoms with Gasteiger partial charge in [-0.15, -0.1) is 0 Å². The number of methoxy groups -OCH3 is 1. The topological polar surface area (TPSA) is 74.5 Å². The Morgan fingerprint density at radius 3 is 2.27 bits per heavy atom. The van der Waals surface area contributed by atoms with Gasteiger partial charge >= 0.3 is 5.97 Å². The molecule has 33 heavy (non-hydrogen) atoms. The maximum atomic E-state index is 11.3. The van der Waals surface area contributed by atoms with Crippen LogP contribution in [0.1, 0.15) is 40.7 Å². The molecule has 3 aromatic carbocycles. The van der Waals surface area contributed by atoms with Gasteiger partial charge in [0.25, 0.3) is 0 Å². The number of carbonyl (C=O) groups is 1. The van der Waals surface area contributed by atoms with Crippen LogP contribution in [0.15, 0.2) is 89.5 Å². The van der Waals surface area contributed by atoms with Crippen LogP contribution in [-0.4, -0.2) is 29.8 Å². The van der Waals surface area contributed by atoms with Gasteiger partial charge in [-0.1, -0.05) is 78.0 Å². The molecule has 1 aromatic heterocycles. The molecule has 0 unspecified atom stereocenters. The van der Waals surface area contributed by atoms with Gasteiger partial charge in [-0.3, -0.25) is 0 Å². The Bertz CT molecular complexity index is 1120. The molecule has 0 aliphatic rings. The van der Waals surface area contributed by atoms with Gasteiger partial charge in [0.2, 0.25) is 5.89 Å². The average Bonchev–Trinajstić information content (AvgIpc) is 3.32. The van der Waals surface area contributed by atoms with E-state index in [1.807, 2.05) is 60.7 Å². The van der Waals surface area contributed by atoms with Gasteiger partial charge in [0.05, 0.1) is 13.0 Å². The summed E-state index contributed by atoms with van der Waals surface area (Å²) in [5.74, 6) is 1.46. The first kappa shape index (κ1) is 22.3. The van der Waals surface area contributed by atoms with Crippen molar-refractivity contribution in [3.63, 3.8) is 0 Å². The van der Waals surface area contributed by atoms with Crippen molar-refractivity contribution in [2.75, 3.05) is 13.7 Å². The molecule has 0 saturated heterocycles. The maximum absolute atomic E-state index is 11.3. The molecule has 6 heteroatoms. The summed E-state index contributed by atoms with van der Waals surface area (Å²) in [6, 6.07) is 28.1. The number of aryl methyl sites for hydroxylation is 2. The first-order chi connectivity index (χ1) is 16.2. The number of nitrogens with zero attached hydrogens (tertiary/aromatic N) is 2. The molecule has 4 rings (SSSR count). The van der Waals surface area contributed by atoms with E-state index >= 15 is 0 Å². The van der Waals surface area contributed by atoms with Gasteiger partial charge in [0.1, 0.15) is 5.75 Å². The molecule has 168 valence electrons. The predicted octanol–water partition coefficient (Wildman–Crippen LogP) is 4.98. The molecule has 4 aromatic rings. The largest absolute Gasteiger partial charge is 0.482 e. The molecule has 0 radical (unpaired) electrons. The molecule has 0 amide bonds. The van der Waals surface area contributed by atoms with Gasteiger partial charge in [0.15, 0.2) is 12.4 Å². The van der Waals surface area contributed by atoms with E-state index in [-0.39, 0.29) is 12.5 Å². The minimum absolute atomic E-state index is 0.0754. The molecule has 0 spiro atoms. The Morgan fingerprint density at radius 2 is 1.61 bits per heavy atom. The van der Waals surface area contributed by atoms with Crippen molar-refractivity contribution < 1.29 is 18.8 Å². The van der Waals surface area contributed by atoms with Crippen molar-refractivity contribution in [1.82, 2.24) is 10.1 Å². The Labute approximate surface area is 193 Å². The van der Waals surface area contributed by atoms with Crippen molar-refractivity contribution in [2.45, 2.75) is 25.2 Å². The fourth-order valence-electron chi connectivity index (χ4n) is 3.70. The molecule has 0 N–H and O–H groups in total. The Kier molecular flexibility index (Phi) is 7.48. The summed E-state index contributed by atoms with van der Waals surface area (Å²) in [5.41, 5.74) is 3.36. The van der Waals surface area contributed by atoms with E-state index in [4.69, 9.17) is 14.2 Å². The van der Waals surface area contributed by atoms with Crippen LogP contribution in [0.4, 0.5) is 0 Å². The van der Waals surface area contributed by atoms with Crippen LogP contribution in [0.2, 0.25) is 0 Å². The van der Waals surface area contributed by atoms with Crippen LogP contribution < -0.4 is 4.74 Å². The van der Waals surface area contributed by atoms with Crippen LogP contribution in [0, 0.1) is 0 Å². The molecular weight excluding hydrogens is 416 g/mol. The van der Waals surface area contributed by atoms with Crippen molar-refractivity contribution in [2.24, 2.45) is 0 Å². The maximum Gasteiger partial charge on any atom is 0.343 e. The number of ether oxygens (including phenoxy) is 2. The van der Waals surface area contributed by atoms with Crippen LogP contribution in [-0.2, 0) is 22.4 Å². The van der Waals surface area contributed by atoms with E-state index in [1.165, 1.54) is 7.11 Å². The number of esters is 1. The fraction of sp³-hybridized carbons (Fsp3) is 0.222. The van der Waals surface area contributed by atoms with E-state index in [0.29, 0.717) is 23.9 Å². The second kappa shape index (κ2) is 11.1. The number of aromatic nitrogens is 2. The molecule has 0 fully saturated rings. The number of carbonyl (C=O) groups excluding carboxylic acids is 1. The van der Waals surface area contributed by atoms with Crippen LogP contribution in [0.3, 0.4) is 0 Å². The predicted molar refractivity (Wildman–Crippen MR) is 124 cm³/mol. The number of hydrogen-bond acceptors (Lipinski definition) is 6. The van der Waals surface area contributed by atoms with Gasteiger partial charge in [-0.05, 0) is 41.7 Å². The highest BCUT2D eigenvalue weighted by atomic mass is 16.6. The first-order valence-electron chi connectivity index (χ1n) is 10.9. The highest BCUT2D eigenvalue weighted by molar-refractivity contribution is 5.70. The molecule has 0 bridgehead atoms. The molecule has 0 aliphatic carbocycles. The van der Waals surface area contributed by atoms with Gasteiger partial charge in [-0.2, -0.15) is 4.98 Å². The number of rotatable bonds is 10. The van der Waals surface area contributed by atoms with Gasteiger partial charge in [0, 0.05) is 6.42 Å². The molecule has 0 saturated carbocycles. The smallest absolute Gasteiger partial charge is 0.343 e. The van der Waals surface area contributed by atoms with Gasteiger partial charge < -0.3 is 14.0 Å². The van der Waals surface area contributed by atoms with Crippen molar-refractivity contribution >= 4 is 5.97 Å². The van der Waals surface area contributed by atoms with E-state index in [0.717, 1.165) is 29.5 Å². The van der Waals surface area contributed by atoms with Crippen molar-refractivity contribution in [1.29, 1.82) is 0 Å². The second-order valence-corrected chi connectivity index (χ2v) is 7.67. The molecule has 1 heterocycles. The Balaban J connectivity index is 1.40. The van der Waals surface area contributed by atoms with E-state index in [1.54, 1.807) is 0 Å². The monoisotopic (exact) mass is 442 g/mol. The first-order valence-corrected chi connectivity index (χ1v) is 10.9. The van der Waals surface area contributed by atoms with Crippen LogP contribution >= 0.6 is 0 Å². The zero-order valence-corrected chi connectivity index (χ0v) is 18.5. The average molecular weight is 443 g/mol. The van der Waals surface area contributed by atoms with Crippen LogP contribution in [0.5, 0.6) is 5.75 Å². The number of benzene rings is 3. The molecule has 6 nitrogen and oxygen atoms in total. The summed E-state index contributed by atoms with van der Waals surface area (Å²) in [6.07, 6.45) is 2.36. The fourth-order valence-corrected chi connectivity index (χ4v) is 3.70. The summed E-state index contributed by atoms with van der Waals surface area (Å²) in [5, 5.41) is 4.31. The lowest BCUT2D eigenvalue weighted by Gasteiger charge is -2.14.